The number of hydrogen-bond donors (Lipinski definition) is 1. The quantitative estimate of drug-likeness (QED) is 0.181. The van der Waals surface area contributed by atoms with Crippen LogP contribution in [-0.2, 0) is 20.2 Å². The van der Waals surface area contributed by atoms with Gasteiger partial charge < -0.3 is 4.18 Å². The molecule has 3 rings (SSSR count). The molecule has 11 heteroatoms. The molecule has 0 heterocycles. The molecule has 142 valence electrons. The minimum atomic E-state index is -4.47. The van der Waals surface area contributed by atoms with Crippen LogP contribution in [0.1, 0.15) is 0 Å². The zero-order chi connectivity index (χ0) is 20.0. The third kappa shape index (κ3) is 4.52. The van der Waals surface area contributed by atoms with Crippen LogP contribution in [0.3, 0.4) is 0 Å². The molecule has 1 N–H and O–H groups in total. The van der Waals surface area contributed by atoms with E-state index in [-0.39, 0.29) is 26.3 Å². The summed E-state index contributed by atoms with van der Waals surface area (Å²) in [5, 5.41) is 0.422. The van der Waals surface area contributed by atoms with E-state index in [9.17, 15) is 21.4 Å². The van der Waals surface area contributed by atoms with Crippen LogP contribution in [0, 0.1) is 10.7 Å². The molecule has 0 amide bonds. The molecule has 0 fully saturated rings. The van der Waals surface area contributed by atoms with Gasteiger partial charge in [-0.3, -0.25) is 4.55 Å². The van der Waals surface area contributed by atoms with Gasteiger partial charge in [0, 0.05) is 21.5 Å². The highest BCUT2D eigenvalue weighted by atomic mass is 127. The van der Waals surface area contributed by atoms with E-state index in [0.29, 0.717) is 3.57 Å². The average Bonchev–Trinajstić information content (AvgIpc) is 2.57. The third-order valence-electron chi connectivity index (χ3n) is 3.55. The topological polar surface area (TPSA) is 97.7 Å². The molecule has 3 aromatic rings. The predicted molar refractivity (Wildman–Crippen MR) is 126 cm³/mol. The van der Waals surface area contributed by atoms with Crippen molar-refractivity contribution in [1.82, 2.24) is 0 Å². The van der Waals surface area contributed by atoms with E-state index in [1.54, 1.807) is 12.1 Å². The Balaban J connectivity index is 2.18. The Morgan fingerprint density at radius 2 is 1.44 bits per heavy atom. The SMILES string of the molecule is O=S(=O)(O)c1ccc(OS(=O)(=O)c2cc(I)cc(I)c2I)c2ccccc12. The molecule has 0 aliphatic carbocycles. The summed E-state index contributed by atoms with van der Waals surface area (Å²) < 4.78 is 65.6. The first kappa shape index (κ1) is 21.5. The van der Waals surface area contributed by atoms with Crippen molar-refractivity contribution >= 4 is 98.8 Å². The van der Waals surface area contributed by atoms with Gasteiger partial charge in [0.2, 0.25) is 0 Å². The highest BCUT2D eigenvalue weighted by Crippen LogP contribution is 2.34. The van der Waals surface area contributed by atoms with E-state index < -0.39 is 20.2 Å². The van der Waals surface area contributed by atoms with E-state index >= 15 is 0 Å². The Morgan fingerprint density at radius 3 is 2.07 bits per heavy atom. The van der Waals surface area contributed by atoms with Gasteiger partial charge in [-0.1, -0.05) is 24.3 Å². The summed E-state index contributed by atoms with van der Waals surface area (Å²) in [6.45, 7) is 0. The lowest BCUT2D eigenvalue weighted by Crippen LogP contribution is -2.13. The number of hydrogen-bond acceptors (Lipinski definition) is 5. The fourth-order valence-electron chi connectivity index (χ4n) is 2.42. The molecule has 0 aromatic heterocycles. The largest absolute Gasteiger partial charge is 0.378 e. The van der Waals surface area contributed by atoms with Gasteiger partial charge in [0.15, 0.2) is 5.75 Å². The molecule has 0 saturated carbocycles. The lowest BCUT2D eigenvalue weighted by Gasteiger charge is -2.13. The Morgan fingerprint density at radius 1 is 0.815 bits per heavy atom. The maximum Gasteiger partial charge on any atom is 0.340 e. The summed E-state index contributed by atoms with van der Waals surface area (Å²) >= 11 is 6.01. The van der Waals surface area contributed by atoms with Crippen LogP contribution >= 0.6 is 67.8 Å². The summed E-state index contributed by atoms with van der Waals surface area (Å²) in [6.07, 6.45) is 0. The van der Waals surface area contributed by atoms with Crippen LogP contribution in [0.25, 0.3) is 10.8 Å². The van der Waals surface area contributed by atoms with Crippen LogP contribution in [0.5, 0.6) is 5.75 Å². The number of benzene rings is 3. The van der Waals surface area contributed by atoms with Gasteiger partial charge in [0.1, 0.15) is 9.79 Å². The Bertz CT molecular complexity index is 1270. The maximum atomic E-state index is 12.9. The lowest BCUT2D eigenvalue weighted by molar-refractivity contribution is 0.484. The predicted octanol–water partition coefficient (Wildman–Crippen LogP) is 4.67. The zero-order valence-electron chi connectivity index (χ0n) is 13.1. The van der Waals surface area contributed by atoms with Crippen molar-refractivity contribution in [2.75, 3.05) is 0 Å². The van der Waals surface area contributed by atoms with Gasteiger partial charge in [-0.2, -0.15) is 16.8 Å². The van der Waals surface area contributed by atoms with Crippen molar-refractivity contribution in [3.05, 3.63) is 59.2 Å². The lowest BCUT2D eigenvalue weighted by atomic mass is 10.1. The molecule has 0 aliphatic rings. The molecule has 27 heavy (non-hydrogen) atoms. The molecule has 0 aliphatic heterocycles. The molecule has 0 unspecified atom stereocenters. The number of rotatable bonds is 4. The maximum absolute atomic E-state index is 12.9. The summed E-state index contributed by atoms with van der Waals surface area (Å²) in [4.78, 5) is -0.288. The second kappa shape index (κ2) is 7.89. The average molecular weight is 742 g/mol. The minimum absolute atomic E-state index is 0.0253. The van der Waals surface area contributed by atoms with Crippen molar-refractivity contribution in [1.29, 1.82) is 0 Å². The summed E-state index contributed by atoms with van der Waals surface area (Å²) in [7, 11) is -8.63. The van der Waals surface area contributed by atoms with Crippen molar-refractivity contribution in [2.24, 2.45) is 0 Å². The molecular formula is C16H9I3O6S2. The normalized spacial score (nSPS) is 12.3. The van der Waals surface area contributed by atoms with Crippen molar-refractivity contribution in [3.63, 3.8) is 0 Å². The summed E-state index contributed by atoms with van der Waals surface area (Å²) in [5.74, 6) is -0.0253. The van der Waals surface area contributed by atoms with E-state index in [1.807, 2.05) is 73.8 Å². The van der Waals surface area contributed by atoms with Gasteiger partial charge in [0.05, 0.1) is 0 Å². The first-order chi connectivity index (χ1) is 12.5. The second-order valence-electron chi connectivity index (χ2n) is 5.32. The molecule has 0 bridgehead atoms. The van der Waals surface area contributed by atoms with E-state index in [1.165, 1.54) is 24.3 Å². The smallest absolute Gasteiger partial charge is 0.340 e. The van der Waals surface area contributed by atoms with Gasteiger partial charge in [-0.25, -0.2) is 0 Å². The molecule has 3 aromatic carbocycles. The standard InChI is InChI=1S/C16H9I3O6S2/c17-9-7-12(18)16(19)15(8-9)27(23,24)25-13-5-6-14(26(20,21)22)11-4-2-1-3-10(11)13/h1-8H,(H,20,21,22). The van der Waals surface area contributed by atoms with Gasteiger partial charge in [-0.15, -0.1) is 0 Å². The molecule has 0 spiro atoms. The van der Waals surface area contributed by atoms with Crippen LogP contribution in [0.15, 0.2) is 58.3 Å². The van der Waals surface area contributed by atoms with Crippen LogP contribution in [0.2, 0.25) is 0 Å². The fraction of sp³-hybridized carbons (Fsp3) is 0. The molecular weight excluding hydrogens is 733 g/mol. The number of halogens is 3. The molecule has 6 nitrogen and oxygen atoms in total. The van der Waals surface area contributed by atoms with Crippen LogP contribution in [-0.4, -0.2) is 21.4 Å². The summed E-state index contributed by atoms with van der Waals surface area (Å²) in [5.41, 5.74) is 0. The zero-order valence-corrected chi connectivity index (χ0v) is 21.2. The number of fused-ring (bicyclic) bond motifs is 1. The molecule has 0 radical (unpaired) electrons. The first-order valence-corrected chi connectivity index (χ1v) is 13.2. The van der Waals surface area contributed by atoms with Gasteiger partial charge in [-0.05, 0) is 92.0 Å². The van der Waals surface area contributed by atoms with Gasteiger partial charge >= 0.3 is 10.1 Å². The second-order valence-corrected chi connectivity index (χ2v) is 11.7. The van der Waals surface area contributed by atoms with Crippen molar-refractivity contribution in [3.8, 4) is 5.75 Å². The highest BCUT2D eigenvalue weighted by Gasteiger charge is 2.24. The van der Waals surface area contributed by atoms with E-state index in [0.717, 1.165) is 13.2 Å². The Hall–Kier alpha value is -0.230. The third-order valence-corrected chi connectivity index (χ3v) is 9.76. The molecule has 0 atom stereocenters. The minimum Gasteiger partial charge on any atom is -0.378 e. The Labute approximate surface area is 197 Å². The highest BCUT2D eigenvalue weighted by molar-refractivity contribution is 14.1. The van der Waals surface area contributed by atoms with E-state index in [2.05, 4.69) is 0 Å². The molecule has 0 saturated heterocycles. The monoisotopic (exact) mass is 742 g/mol. The van der Waals surface area contributed by atoms with E-state index in [4.69, 9.17) is 4.18 Å². The fourth-order valence-corrected chi connectivity index (χ4v) is 7.55. The van der Waals surface area contributed by atoms with Crippen molar-refractivity contribution in [2.45, 2.75) is 9.79 Å². The first-order valence-electron chi connectivity index (χ1n) is 7.09. The summed E-state index contributed by atoms with van der Waals surface area (Å²) in [6, 6.07) is 11.9. The van der Waals surface area contributed by atoms with Crippen molar-refractivity contribution < 1.29 is 25.6 Å². The van der Waals surface area contributed by atoms with Gasteiger partial charge in [0.25, 0.3) is 10.1 Å². The Kier molecular flexibility index (Phi) is 6.28. The van der Waals surface area contributed by atoms with Crippen LogP contribution < -0.4 is 4.18 Å². The van der Waals surface area contributed by atoms with Crippen LogP contribution in [0.4, 0.5) is 0 Å².